The highest BCUT2D eigenvalue weighted by Crippen LogP contribution is 2.23. The maximum Gasteiger partial charge on any atom is 0.337 e. The molecule has 0 spiro atoms. The van der Waals surface area contributed by atoms with E-state index in [1.165, 1.54) is 18.2 Å². The Kier molecular flexibility index (Phi) is 5.25. The van der Waals surface area contributed by atoms with Gasteiger partial charge < -0.3 is 15.2 Å². The number of ether oxygens (including phenoxy) is 1. The number of nitrogens with one attached hydrogen (secondary N) is 1. The highest BCUT2D eigenvalue weighted by atomic mass is 16.6. The standard InChI is InChI=1S/C12H16N2O5/c1-8(7-19-2)6-13-11-5-9(14(17)18)3-4-10(11)12(15)16/h3-5,8,13H,6-7H2,1-2H3,(H,15,16). The molecule has 2 N–H and O–H groups in total. The van der Waals surface area contributed by atoms with Crippen LogP contribution in [0.1, 0.15) is 17.3 Å². The molecule has 0 aromatic heterocycles. The number of hydrogen-bond acceptors (Lipinski definition) is 5. The fourth-order valence-electron chi connectivity index (χ4n) is 1.61. The van der Waals surface area contributed by atoms with E-state index in [2.05, 4.69) is 5.32 Å². The summed E-state index contributed by atoms with van der Waals surface area (Å²) < 4.78 is 4.97. The van der Waals surface area contributed by atoms with Crippen LogP contribution >= 0.6 is 0 Å². The van der Waals surface area contributed by atoms with E-state index in [0.717, 1.165) is 0 Å². The van der Waals surface area contributed by atoms with E-state index in [4.69, 9.17) is 9.84 Å². The summed E-state index contributed by atoms with van der Waals surface area (Å²) in [5, 5.41) is 22.6. The van der Waals surface area contributed by atoms with Crippen molar-refractivity contribution in [2.75, 3.05) is 25.6 Å². The first kappa shape index (κ1) is 14.9. The van der Waals surface area contributed by atoms with Crippen LogP contribution in [0, 0.1) is 16.0 Å². The van der Waals surface area contributed by atoms with Crippen molar-refractivity contribution in [1.82, 2.24) is 0 Å². The monoisotopic (exact) mass is 268 g/mol. The number of methoxy groups -OCH3 is 1. The molecule has 0 radical (unpaired) electrons. The van der Waals surface area contributed by atoms with Crippen molar-refractivity contribution < 1.29 is 19.6 Å². The summed E-state index contributed by atoms with van der Waals surface area (Å²) in [6.45, 7) is 2.91. The number of non-ortho nitro benzene ring substituents is 1. The molecule has 1 unspecified atom stereocenters. The Balaban J connectivity index is 2.91. The van der Waals surface area contributed by atoms with Gasteiger partial charge in [-0.3, -0.25) is 10.1 Å². The van der Waals surface area contributed by atoms with Gasteiger partial charge >= 0.3 is 5.97 Å². The van der Waals surface area contributed by atoms with Gasteiger partial charge in [0.1, 0.15) is 0 Å². The average Bonchev–Trinajstić information content (AvgIpc) is 2.36. The number of hydrogen-bond donors (Lipinski definition) is 2. The van der Waals surface area contributed by atoms with Crippen molar-refractivity contribution >= 4 is 17.3 Å². The van der Waals surface area contributed by atoms with E-state index < -0.39 is 10.9 Å². The molecule has 7 nitrogen and oxygen atoms in total. The summed E-state index contributed by atoms with van der Waals surface area (Å²) in [4.78, 5) is 21.2. The zero-order valence-electron chi connectivity index (χ0n) is 10.8. The molecule has 0 aliphatic heterocycles. The van der Waals surface area contributed by atoms with Gasteiger partial charge in [-0.2, -0.15) is 0 Å². The molecule has 7 heteroatoms. The Morgan fingerprint density at radius 1 is 1.58 bits per heavy atom. The van der Waals surface area contributed by atoms with Crippen LogP contribution in [0.25, 0.3) is 0 Å². The third kappa shape index (κ3) is 4.22. The number of nitro benzene ring substituents is 1. The number of rotatable bonds is 7. The normalized spacial score (nSPS) is 11.9. The molecule has 0 aliphatic carbocycles. The van der Waals surface area contributed by atoms with Gasteiger partial charge in [0.25, 0.3) is 5.69 Å². The van der Waals surface area contributed by atoms with Crippen LogP contribution < -0.4 is 5.32 Å². The molecule has 19 heavy (non-hydrogen) atoms. The number of aromatic carboxylic acids is 1. The number of carboxylic acids is 1. The van der Waals surface area contributed by atoms with Crippen LogP contribution in [0.15, 0.2) is 18.2 Å². The van der Waals surface area contributed by atoms with E-state index in [0.29, 0.717) is 13.2 Å². The second-order valence-corrected chi connectivity index (χ2v) is 4.23. The van der Waals surface area contributed by atoms with Crippen molar-refractivity contribution in [2.45, 2.75) is 6.92 Å². The van der Waals surface area contributed by atoms with E-state index in [9.17, 15) is 14.9 Å². The number of anilines is 1. The Morgan fingerprint density at radius 3 is 2.79 bits per heavy atom. The van der Waals surface area contributed by atoms with Crippen LogP contribution in [0.4, 0.5) is 11.4 Å². The lowest BCUT2D eigenvalue weighted by molar-refractivity contribution is -0.384. The predicted molar refractivity (Wildman–Crippen MR) is 69.6 cm³/mol. The number of carboxylic acid groups (broad SMARTS) is 1. The fraction of sp³-hybridized carbons (Fsp3) is 0.417. The number of nitro groups is 1. The summed E-state index contributed by atoms with van der Waals surface area (Å²) in [5.74, 6) is -0.970. The lowest BCUT2D eigenvalue weighted by Crippen LogP contribution is -2.17. The van der Waals surface area contributed by atoms with Crippen LogP contribution in [-0.2, 0) is 4.74 Å². The first-order valence-corrected chi connectivity index (χ1v) is 5.70. The molecular weight excluding hydrogens is 252 g/mol. The molecular formula is C12H16N2O5. The van der Waals surface area contributed by atoms with E-state index >= 15 is 0 Å². The fourth-order valence-corrected chi connectivity index (χ4v) is 1.61. The zero-order chi connectivity index (χ0) is 14.4. The molecule has 104 valence electrons. The highest BCUT2D eigenvalue weighted by Gasteiger charge is 2.15. The minimum atomic E-state index is -1.13. The Hall–Kier alpha value is -2.15. The van der Waals surface area contributed by atoms with Crippen molar-refractivity contribution in [1.29, 1.82) is 0 Å². The van der Waals surface area contributed by atoms with E-state index in [1.54, 1.807) is 7.11 Å². The Labute approximate surface area is 110 Å². The zero-order valence-corrected chi connectivity index (χ0v) is 10.8. The number of benzene rings is 1. The van der Waals surface area contributed by atoms with Gasteiger partial charge in [-0.05, 0) is 12.0 Å². The van der Waals surface area contributed by atoms with Gasteiger partial charge in [0.2, 0.25) is 0 Å². The summed E-state index contributed by atoms with van der Waals surface area (Å²) in [7, 11) is 1.58. The molecule has 0 bridgehead atoms. The SMILES string of the molecule is COCC(C)CNc1cc([N+](=O)[O-])ccc1C(=O)O. The van der Waals surface area contributed by atoms with E-state index in [1.807, 2.05) is 6.92 Å². The van der Waals surface area contributed by atoms with Gasteiger partial charge in [-0.15, -0.1) is 0 Å². The molecule has 1 aromatic rings. The minimum Gasteiger partial charge on any atom is -0.478 e. The second-order valence-electron chi connectivity index (χ2n) is 4.23. The smallest absolute Gasteiger partial charge is 0.337 e. The van der Waals surface area contributed by atoms with Gasteiger partial charge in [-0.25, -0.2) is 4.79 Å². The summed E-state index contributed by atoms with van der Waals surface area (Å²) >= 11 is 0. The van der Waals surface area contributed by atoms with Gasteiger partial charge in [0.15, 0.2) is 0 Å². The van der Waals surface area contributed by atoms with Gasteiger partial charge in [0.05, 0.1) is 22.8 Å². The third-order valence-corrected chi connectivity index (χ3v) is 2.54. The molecule has 0 aliphatic rings. The maximum absolute atomic E-state index is 11.0. The lowest BCUT2D eigenvalue weighted by atomic mass is 10.1. The van der Waals surface area contributed by atoms with Gasteiger partial charge in [-0.1, -0.05) is 6.92 Å². The largest absolute Gasteiger partial charge is 0.478 e. The first-order chi connectivity index (χ1) is 8.95. The Bertz CT molecular complexity index is 475. The topological polar surface area (TPSA) is 102 Å². The number of nitrogens with zero attached hydrogens (tertiary/aromatic N) is 1. The summed E-state index contributed by atoms with van der Waals surface area (Å²) in [6, 6.07) is 3.62. The van der Waals surface area contributed by atoms with Crippen molar-refractivity contribution in [3.05, 3.63) is 33.9 Å². The molecule has 0 fully saturated rings. The third-order valence-electron chi connectivity index (χ3n) is 2.54. The van der Waals surface area contributed by atoms with Crippen LogP contribution in [0.5, 0.6) is 0 Å². The quantitative estimate of drug-likeness (QED) is 0.579. The summed E-state index contributed by atoms with van der Waals surface area (Å²) in [5.41, 5.74) is 0.103. The lowest BCUT2D eigenvalue weighted by Gasteiger charge is -2.14. The molecule has 0 heterocycles. The van der Waals surface area contributed by atoms with Crippen LogP contribution in [0.2, 0.25) is 0 Å². The average molecular weight is 268 g/mol. The van der Waals surface area contributed by atoms with Crippen LogP contribution in [-0.4, -0.2) is 36.3 Å². The molecule has 0 saturated carbocycles. The maximum atomic E-state index is 11.0. The van der Waals surface area contributed by atoms with E-state index in [-0.39, 0.29) is 22.9 Å². The molecule has 0 amide bonds. The molecule has 1 aromatic carbocycles. The Morgan fingerprint density at radius 2 is 2.26 bits per heavy atom. The molecule has 1 rings (SSSR count). The van der Waals surface area contributed by atoms with Crippen molar-refractivity contribution in [3.63, 3.8) is 0 Å². The minimum absolute atomic E-state index is 0.00946. The second kappa shape index (κ2) is 6.69. The molecule has 1 atom stereocenters. The van der Waals surface area contributed by atoms with Crippen LogP contribution in [0.3, 0.4) is 0 Å². The summed E-state index contributed by atoms with van der Waals surface area (Å²) in [6.07, 6.45) is 0. The first-order valence-electron chi connectivity index (χ1n) is 5.70. The van der Waals surface area contributed by atoms with Crippen molar-refractivity contribution in [2.24, 2.45) is 5.92 Å². The van der Waals surface area contributed by atoms with Crippen molar-refractivity contribution in [3.8, 4) is 0 Å². The van der Waals surface area contributed by atoms with Gasteiger partial charge in [0, 0.05) is 25.8 Å². The predicted octanol–water partition coefficient (Wildman–Crippen LogP) is 1.99. The highest BCUT2D eigenvalue weighted by molar-refractivity contribution is 5.94. The molecule has 0 saturated heterocycles. The number of carbonyl (C=O) groups is 1.